The van der Waals surface area contributed by atoms with E-state index in [1.54, 1.807) is 30.2 Å². The number of imide groups is 1. The number of piperidine rings is 1. The van der Waals surface area contributed by atoms with E-state index in [4.69, 9.17) is 9.47 Å². The highest BCUT2D eigenvalue weighted by atomic mass is 19.1. The molecule has 0 spiro atoms. The molecular weight excluding hydrogens is 605 g/mol. The van der Waals surface area contributed by atoms with Gasteiger partial charge in [0.05, 0.1) is 23.0 Å². The van der Waals surface area contributed by atoms with Crippen LogP contribution in [0.15, 0.2) is 53.5 Å². The third kappa shape index (κ3) is 5.78. The molecule has 2 atom stereocenters. The second-order valence-corrected chi connectivity index (χ2v) is 13.4. The van der Waals surface area contributed by atoms with Gasteiger partial charge in [-0.15, -0.1) is 0 Å². The van der Waals surface area contributed by atoms with Gasteiger partial charge in [0, 0.05) is 25.8 Å². The minimum absolute atomic E-state index is 0.0536. The maximum atomic E-state index is 16.2. The minimum atomic E-state index is -0.841. The van der Waals surface area contributed by atoms with E-state index in [2.05, 4.69) is 16.0 Å². The molecule has 4 heterocycles. The van der Waals surface area contributed by atoms with Crippen LogP contribution in [0.1, 0.15) is 50.4 Å². The molecule has 2 fully saturated rings. The summed E-state index contributed by atoms with van der Waals surface area (Å²) in [6.07, 6.45) is 2.82. The number of amides is 3. The van der Waals surface area contributed by atoms with Gasteiger partial charge in [0.2, 0.25) is 11.3 Å². The fourth-order valence-electron chi connectivity index (χ4n) is 6.66. The quantitative estimate of drug-likeness (QED) is 0.240. The molecule has 244 valence electrons. The Kier molecular flexibility index (Phi) is 7.62. The van der Waals surface area contributed by atoms with Crippen LogP contribution in [0.2, 0.25) is 0 Å². The third-order valence-corrected chi connectivity index (χ3v) is 8.84. The van der Waals surface area contributed by atoms with Crippen molar-refractivity contribution in [1.82, 2.24) is 20.5 Å². The van der Waals surface area contributed by atoms with E-state index in [1.807, 2.05) is 36.4 Å². The monoisotopic (exact) mass is 641 g/mol. The molecule has 3 aliphatic rings. The number of nitrogens with zero attached hydrogens (tertiary/aromatic N) is 2. The second kappa shape index (κ2) is 11.7. The number of halogens is 1. The maximum Gasteiger partial charge on any atom is 0.407 e. The summed E-state index contributed by atoms with van der Waals surface area (Å²) in [5.41, 5.74) is -0.652. The Labute approximate surface area is 270 Å². The van der Waals surface area contributed by atoms with Gasteiger partial charge < -0.3 is 29.6 Å². The largest absolute Gasteiger partial charge is 0.451 e. The summed E-state index contributed by atoms with van der Waals surface area (Å²) < 4.78 is 29.8. The molecule has 0 radical (unpaired) electrons. The predicted octanol–water partition coefficient (Wildman–Crippen LogP) is 4.75. The molecule has 47 heavy (non-hydrogen) atoms. The van der Waals surface area contributed by atoms with E-state index in [0.29, 0.717) is 42.9 Å². The first-order valence-corrected chi connectivity index (χ1v) is 15.9. The van der Waals surface area contributed by atoms with Crippen LogP contribution in [0, 0.1) is 11.7 Å². The van der Waals surface area contributed by atoms with E-state index in [-0.39, 0.29) is 35.0 Å². The number of nitrogens with one attached hydrogen (secondary N) is 3. The van der Waals surface area contributed by atoms with E-state index < -0.39 is 40.7 Å². The highest BCUT2D eigenvalue weighted by Gasteiger charge is 2.35. The van der Waals surface area contributed by atoms with Gasteiger partial charge in [-0.05, 0) is 75.5 Å². The number of alkyl carbamates (subject to hydrolysis) is 1. The zero-order valence-electron chi connectivity index (χ0n) is 26.4. The number of fused-ring (bicyclic) bond motifs is 3. The molecule has 11 nitrogen and oxygen atoms in total. The molecule has 0 bridgehead atoms. The number of hydrogen-bond donors (Lipinski definition) is 3. The molecule has 7 rings (SSSR count). The maximum absolute atomic E-state index is 16.2. The van der Waals surface area contributed by atoms with Crippen LogP contribution >= 0.6 is 0 Å². The van der Waals surface area contributed by atoms with Crippen LogP contribution in [-0.4, -0.2) is 60.3 Å². The van der Waals surface area contributed by atoms with Crippen molar-refractivity contribution < 1.29 is 28.2 Å². The molecule has 3 aliphatic heterocycles. The number of rotatable bonds is 4. The highest BCUT2D eigenvalue weighted by Crippen LogP contribution is 2.48. The SMILES string of the molecule is CC(C)(C)OC(=O)NC1CCN(c2c(F)cc3c(=O)c(C(=O)NC(=O)C4CCCNC4)cn4c3c2Oc2cc3ccccc3cc2-4)C1. The molecule has 3 N–H and O–H groups in total. The lowest BCUT2D eigenvalue weighted by atomic mass is 9.98. The van der Waals surface area contributed by atoms with Gasteiger partial charge >= 0.3 is 6.09 Å². The lowest BCUT2D eigenvalue weighted by Crippen LogP contribution is -2.43. The Bertz CT molecular complexity index is 2010. The number of ether oxygens (including phenoxy) is 2. The van der Waals surface area contributed by atoms with Gasteiger partial charge in [-0.1, -0.05) is 24.3 Å². The Morgan fingerprint density at radius 3 is 2.57 bits per heavy atom. The van der Waals surface area contributed by atoms with Crippen LogP contribution in [0.5, 0.6) is 11.5 Å². The molecule has 0 aliphatic carbocycles. The van der Waals surface area contributed by atoms with Crippen LogP contribution in [0.4, 0.5) is 14.9 Å². The summed E-state index contributed by atoms with van der Waals surface area (Å²) in [6, 6.07) is 12.2. The Hall–Kier alpha value is -4.97. The summed E-state index contributed by atoms with van der Waals surface area (Å²) in [5.74, 6) is -1.86. The fourth-order valence-corrected chi connectivity index (χ4v) is 6.66. The summed E-state index contributed by atoms with van der Waals surface area (Å²) in [4.78, 5) is 54.5. The van der Waals surface area contributed by atoms with Crippen molar-refractivity contribution in [1.29, 1.82) is 0 Å². The number of hydrogen-bond acceptors (Lipinski definition) is 8. The van der Waals surface area contributed by atoms with Gasteiger partial charge in [0.15, 0.2) is 17.3 Å². The first-order valence-electron chi connectivity index (χ1n) is 15.9. The smallest absolute Gasteiger partial charge is 0.407 e. The van der Waals surface area contributed by atoms with Crippen LogP contribution < -0.4 is 31.0 Å². The topological polar surface area (TPSA) is 131 Å². The minimum Gasteiger partial charge on any atom is -0.451 e. The van der Waals surface area contributed by atoms with Gasteiger partial charge in [0.1, 0.15) is 22.4 Å². The second-order valence-electron chi connectivity index (χ2n) is 13.4. The summed E-state index contributed by atoms with van der Waals surface area (Å²) >= 11 is 0. The Morgan fingerprint density at radius 2 is 1.85 bits per heavy atom. The lowest BCUT2D eigenvalue weighted by Gasteiger charge is -2.29. The fraction of sp³-hybridized carbons (Fsp3) is 0.371. The average molecular weight is 642 g/mol. The highest BCUT2D eigenvalue weighted by molar-refractivity contribution is 6.08. The zero-order valence-corrected chi connectivity index (χ0v) is 26.4. The van der Waals surface area contributed by atoms with E-state index in [1.165, 1.54) is 6.20 Å². The van der Waals surface area contributed by atoms with Crippen molar-refractivity contribution in [3.05, 3.63) is 70.3 Å². The molecular formula is C35H36FN5O6. The number of pyridine rings is 1. The molecule has 12 heteroatoms. The molecule has 2 unspecified atom stereocenters. The van der Waals surface area contributed by atoms with Crippen molar-refractivity contribution in [3.63, 3.8) is 0 Å². The number of anilines is 1. The summed E-state index contributed by atoms with van der Waals surface area (Å²) in [7, 11) is 0. The van der Waals surface area contributed by atoms with Crippen molar-refractivity contribution in [3.8, 4) is 17.2 Å². The van der Waals surface area contributed by atoms with Crippen LogP contribution in [-0.2, 0) is 9.53 Å². The normalized spacial score (nSPS) is 18.9. The van der Waals surface area contributed by atoms with E-state index in [0.717, 1.165) is 29.8 Å². The van der Waals surface area contributed by atoms with Crippen molar-refractivity contribution in [2.24, 2.45) is 5.92 Å². The zero-order chi connectivity index (χ0) is 33.0. The molecule has 4 aromatic rings. The standard InChI is InChI=1S/C35H36FN5O6/c1-35(2,3)47-34(45)38-22-10-12-40(17-22)29-25(36)15-23-28-31(29)46-27-14-20-8-5-4-7-19(20)13-26(27)41(28)18-24(30(23)42)33(44)39-32(43)21-9-6-11-37-16-21/h4-5,7-8,13-15,18,21-22,37H,6,9-12,16-17H2,1-3H3,(H,38,45)(H,39,43,44). The third-order valence-electron chi connectivity index (χ3n) is 8.84. The van der Waals surface area contributed by atoms with Crippen molar-refractivity contribution in [2.75, 3.05) is 31.1 Å². The molecule has 3 amide bonds. The number of carbonyl (C=O) groups excluding carboxylic acids is 3. The van der Waals surface area contributed by atoms with Gasteiger partial charge in [-0.25, -0.2) is 9.18 Å². The van der Waals surface area contributed by atoms with Crippen LogP contribution in [0.25, 0.3) is 27.4 Å². The summed E-state index contributed by atoms with van der Waals surface area (Å²) in [6.45, 7) is 7.28. The summed E-state index contributed by atoms with van der Waals surface area (Å²) in [5, 5.41) is 10.1. The molecule has 0 saturated carbocycles. The molecule has 2 saturated heterocycles. The van der Waals surface area contributed by atoms with Gasteiger partial charge in [-0.2, -0.15) is 0 Å². The van der Waals surface area contributed by atoms with Gasteiger partial charge in [-0.3, -0.25) is 19.7 Å². The first-order chi connectivity index (χ1) is 22.5. The lowest BCUT2D eigenvalue weighted by molar-refractivity contribution is -0.124. The number of benzene rings is 3. The van der Waals surface area contributed by atoms with Crippen molar-refractivity contribution in [2.45, 2.75) is 51.7 Å². The van der Waals surface area contributed by atoms with E-state index in [9.17, 15) is 19.2 Å². The van der Waals surface area contributed by atoms with Crippen LogP contribution in [0.3, 0.4) is 0 Å². The Morgan fingerprint density at radius 1 is 1.09 bits per heavy atom. The predicted molar refractivity (Wildman–Crippen MR) is 175 cm³/mol. The molecule has 3 aromatic carbocycles. The number of aromatic nitrogens is 1. The van der Waals surface area contributed by atoms with Gasteiger partial charge in [0.25, 0.3) is 5.91 Å². The first kappa shape index (κ1) is 30.7. The van der Waals surface area contributed by atoms with E-state index >= 15 is 4.39 Å². The average Bonchev–Trinajstić information content (AvgIpc) is 3.48. The Balaban J connectivity index is 1.32. The molecule has 1 aromatic heterocycles. The number of carbonyl (C=O) groups is 3. The van der Waals surface area contributed by atoms with Crippen molar-refractivity contribution >= 4 is 45.3 Å².